The number of amides is 1. The summed E-state index contributed by atoms with van der Waals surface area (Å²) in [6.07, 6.45) is 1.06. The van der Waals surface area contributed by atoms with Crippen LogP contribution in [0.3, 0.4) is 0 Å². The van der Waals surface area contributed by atoms with Crippen LogP contribution in [-0.4, -0.2) is 43.0 Å². The van der Waals surface area contributed by atoms with Gasteiger partial charge in [-0.15, -0.1) is 22.7 Å². The molecule has 1 atom stereocenters. The molecule has 8 nitrogen and oxygen atoms in total. The van der Waals surface area contributed by atoms with Gasteiger partial charge in [-0.3, -0.25) is 4.79 Å². The van der Waals surface area contributed by atoms with Crippen LogP contribution >= 0.6 is 34.3 Å². The Bertz CT molecular complexity index is 1260. The average Bonchev–Trinajstić information content (AvgIpc) is 3.52. The first-order chi connectivity index (χ1) is 14.9. The van der Waals surface area contributed by atoms with E-state index < -0.39 is 22.0 Å². The van der Waals surface area contributed by atoms with Gasteiger partial charge in [-0.1, -0.05) is 11.6 Å². The zero-order valence-electron chi connectivity index (χ0n) is 15.9. The zero-order valence-corrected chi connectivity index (χ0v) is 19.1. The molecule has 0 aliphatic carbocycles. The molecular formula is C19H16ClN3O5S3. The number of ether oxygens (including phenoxy) is 2. The lowest BCUT2D eigenvalue weighted by atomic mass is 10.1. The summed E-state index contributed by atoms with van der Waals surface area (Å²) in [5.74, 6) is 0.939. The fraction of sp³-hybridized carbons (Fsp3) is 0.263. The van der Waals surface area contributed by atoms with Crippen molar-refractivity contribution in [1.82, 2.24) is 9.29 Å². The van der Waals surface area contributed by atoms with Crippen molar-refractivity contribution in [3.63, 3.8) is 0 Å². The number of nitrogens with zero attached hydrogens (tertiary/aromatic N) is 2. The Morgan fingerprint density at radius 3 is 2.87 bits per heavy atom. The molecule has 31 heavy (non-hydrogen) atoms. The van der Waals surface area contributed by atoms with Crippen LogP contribution in [0, 0.1) is 0 Å². The second-order valence-electron chi connectivity index (χ2n) is 6.93. The van der Waals surface area contributed by atoms with E-state index in [1.807, 2.05) is 23.6 Å². The van der Waals surface area contributed by atoms with Gasteiger partial charge in [0.1, 0.15) is 10.3 Å². The molecule has 0 spiro atoms. The molecule has 2 aromatic heterocycles. The van der Waals surface area contributed by atoms with Gasteiger partial charge in [0.15, 0.2) is 16.6 Å². The summed E-state index contributed by atoms with van der Waals surface area (Å²) in [6.45, 7) is 0.478. The van der Waals surface area contributed by atoms with Crippen LogP contribution in [0.1, 0.15) is 12.8 Å². The molecule has 4 heterocycles. The first kappa shape index (κ1) is 20.7. The number of hydrogen-bond acceptors (Lipinski definition) is 8. The van der Waals surface area contributed by atoms with Crippen LogP contribution in [0.2, 0.25) is 4.34 Å². The lowest BCUT2D eigenvalue weighted by Gasteiger charge is -2.22. The van der Waals surface area contributed by atoms with Crippen LogP contribution < -0.4 is 14.8 Å². The number of halogens is 1. The fourth-order valence-corrected chi connectivity index (χ4v) is 7.54. The Hall–Kier alpha value is -2.18. The smallest absolute Gasteiger partial charge is 0.253 e. The summed E-state index contributed by atoms with van der Waals surface area (Å²) >= 11 is 8.16. The van der Waals surface area contributed by atoms with Crippen molar-refractivity contribution in [2.75, 3.05) is 18.7 Å². The van der Waals surface area contributed by atoms with E-state index in [9.17, 15) is 13.2 Å². The molecule has 0 saturated carbocycles. The molecule has 1 fully saturated rings. The molecule has 2 aliphatic heterocycles. The van der Waals surface area contributed by atoms with Crippen LogP contribution in [0.4, 0.5) is 5.13 Å². The highest BCUT2D eigenvalue weighted by Crippen LogP contribution is 2.37. The van der Waals surface area contributed by atoms with Gasteiger partial charge < -0.3 is 14.8 Å². The van der Waals surface area contributed by atoms with Crippen molar-refractivity contribution in [3.8, 4) is 22.8 Å². The van der Waals surface area contributed by atoms with Gasteiger partial charge >= 0.3 is 0 Å². The number of benzene rings is 1. The van der Waals surface area contributed by atoms with Crippen molar-refractivity contribution >= 4 is 55.3 Å². The number of carbonyl (C=O) groups is 1. The van der Waals surface area contributed by atoms with E-state index in [4.69, 9.17) is 21.1 Å². The quantitative estimate of drug-likeness (QED) is 0.571. The number of thiazole rings is 1. The maximum absolute atomic E-state index is 13.0. The van der Waals surface area contributed by atoms with Gasteiger partial charge in [0, 0.05) is 17.5 Å². The molecule has 2 aliphatic rings. The second kappa shape index (κ2) is 8.06. The number of hydrogen-bond donors (Lipinski definition) is 1. The largest absolute Gasteiger partial charge is 0.454 e. The Morgan fingerprint density at radius 2 is 2.06 bits per heavy atom. The van der Waals surface area contributed by atoms with Gasteiger partial charge in [0.05, 0.1) is 10.0 Å². The van der Waals surface area contributed by atoms with E-state index in [-0.39, 0.29) is 17.5 Å². The summed E-state index contributed by atoms with van der Waals surface area (Å²) in [5, 5.41) is 5.00. The molecule has 12 heteroatoms. The zero-order chi connectivity index (χ0) is 21.6. The maximum Gasteiger partial charge on any atom is 0.253 e. The number of rotatable bonds is 5. The summed E-state index contributed by atoms with van der Waals surface area (Å²) in [6, 6.07) is 7.73. The third-order valence-electron chi connectivity index (χ3n) is 5.02. The van der Waals surface area contributed by atoms with Gasteiger partial charge in [-0.25, -0.2) is 13.4 Å². The Kier molecular flexibility index (Phi) is 5.39. The molecule has 0 bridgehead atoms. The van der Waals surface area contributed by atoms with Gasteiger partial charge in [-0.2, -0.15) is 4.31 Å². The first-order valence-electron chi connectivity index (χ1n) is 9.35. The van der Waals surface area contributed by atoms with Crippen LogP contribution in [0.5, 0.6) is 11.5 Å². The molecule has 3 aromatic rings. The maximum atomic E-state index is 13.0. The molecule has 0 radical (unpaired) electrons. The molecule has 162 valence electrons. The molecule has 1 saturated heterocycles. The highest BCUT2D eigenvalue weighted by atomic mass is 35.5. The topological polar surface area (TPSA) is 97.8 Å². The monoisotopic (exact) mass is 497 g/mol. The third-order valence-corrected chi connectivity index (χ3v) is 9.38. The summed E-state index contributed by atoms with van der Waals surface area (Å²) in [5.41, 5.74) is 1.52. The van der Waals surface area contributed by atoms with E-state index in [2.05, 4.69) is 10.3 Å². The minimum atomic E-state index is -3.78. The van der Waals surface area contributed by atoms with E-state index in [1.165, 1.54) is 27.8 Å². The number of fused-ring (bicyclic) bond motifs is 1. The van der Waals surface area contributed by atoms with Crippen molar-refractivity contribution < 1.29 is 22.7 Å². The van der Waals surface area contributed by atoms with Crippen molar-refractivity contribution in [2.24, 2.45) is 0 Å². The predicted octanol–water partition coefficient (Wildman–Crippen LogP) is 4.05. The standard InChI is InChI=1S/C19H16ClN3O5S3/c20-16-5-6-17(30-16)31(25,26)23-7-1-2-13(23)18(24)22-19-21-12(9-29-19)11-3-4-14-15(8-11)28-10-27-14/h3-6,8-9,13H,1-2,7,10H2,(H,21,22,24)/t13-/m1/s1. The third kappa shape index (κ3) is 3.92. The summed E-state index contributed by atoms with van der Waals surface area (Å²) in [4.78, 5) is 17.4. The van der Waals surface area contributed by atoms with Crippen molar-refractivity contribution in [3.05, 3.63) is 40.0 Å². The highest BCUT2D eigenvalue weighted by molar-refractivity contribution is 7.91. The summed E-state index contributed by atoms with van der Waals surface area (Å²) in [7, 11) is -3.78. The second-order valence-corrected chi connectivity index (χ2v) is 11.6. The minimum Gasteiger partial charge on any atom is -0.454 e. The Morgan fingerprint density at radius 1 is 1.23 bits per heavy atom. The number of aromatic nitrogens is 1. The number of thiophene rings is 1. The van der Waals surface area contributed by atoms with Gasteiger partial charge in [-0.05, 0) is 43.2 Å². The number of sulfonamides is 1. The van der Waals surface area contributed by atoms with Crippen LogP contribution in [0.15, 0.2) is 39.9 Å². The average molecular weight is 498 g/mol. The molecule has 1 aromatic carbocycles. The molecular weight excluding hydrogens is 482 g/mol. The highest BCUT2D eigenvalue weighted by Gasteiger charge is 2.40. The Labute approximate surface area is 191 Å². The van der Waals surface area contributed by atoms with E-state index in [0.29, 0.717) is 39.5 Å². The number of nitrogens with one attached hydrogen (secondary N) is 1. The van der Waals surface area contributed by atoms with Crippen molar-refractivity contribution in [2.45, 2.75) is 23.1 Å². The van der Waals surface area contributed by atoms with Crippen molar-refractivity contribution in [1.29, 1.82) is 0 Å². The molecule has 1 N–H and O–H groups in total. The Balaban J connectivity index is 1.32. The number of carbonyl (C=O) groups excluding carboxylic acids is 1. The van der Waals surface area contributed by atoms with E-state index in [0.717, 1.165) is 16.9 Å². The molecule has 5 rings (SSSR count). The normalized spacial score (nSPS) is 18.4. The predicted molar refractivity (Wildman–Crippen MR) is 119 cm³/mol. The van der Waals surface area contributed by atoms with E-state index in [1.54, 1.807) is 0 Å². The summed E-state index contributed by atoms with van der Waals surface area (Å²) < 4.78 is 38.4. The van der Waals surface area contributed by atoms with Crippen LogP contribution in [0.25, 0.3) is 11.3 Å². The lowest BCUT2D eigenvalue weighted by molar-refractivity contribution is -0.119. The first-order valence-corrected chi connectivity index (χ1v) is 12.9. The molecule has 0 unspecified atom stereocenters. The SMILES string of the molecule is O=C(Nc1nc(-c2ccc3c(c2)OCO3)cs1)[C@H]1CCCN1S(=O)(=O)c1ccc(Cl)s1. The van der Waals surface area contributed by atoms with Crippen LogP contribution in [-0.2, 0) is 14.8 Å². The van der Waals surface area contributed by atoms with Gasteiger partial charge in [0.2, 0.25) is 12.7 Å². The van der Waals surface area contributed by atoms with E-state index >= 15 is 0 Å². The number of anilines is 1. The van der Waals surface area contributed by atoms with Gasteiger partial charge in [0.25, 0.3) is 10.0 Å². The lowest BCUT2D eigenvalue weighted by Crippen LogP contribution is -2.42. The molecule has 1 amide bonds. The fourth-order valence-electron chi connectivity index (χ4n) is 3.55. The minimum absolute atomic E-state index is 0.136.